The molecule has 2 heterocycles. The van der Waals surface area contributed by atoms with E-state index in [4.69, 9.17) is 0 Å². The topological polar surface area (TPSA) is 58.9 Å². The third-order valence-electron chi connectivity index (χ3n) is 3.40. The number of hydrogen-bond acceptors (Lipinski definition) is 5. The lowest BCUT2D eigenvalue weighted by Gasteiger charge is -2.19. The molecule has 21 heavy (non-hydrogen) atoms. The Morgan fingerprint density at radius 2 is 1.95 bits per heavy atom. The molecule has 0 aliphatic rings. The summed E-state index contributed by atoms with van der Waals surface area (Å²) >= 11 is 1.25. The molecule has 1 unspecified atom stereocenters. The highest BCUT2D eigenvalue weighted by molar-refractivity contribution is 7.05. The largest absolute Gasteiger partial charge is 0.383 e. The van der Waals surface area contributed by atoms with Crippen LogP contribution in [0.2, 0.25) is 0 Å². The SMILES string of the molecule is CC(C)(C)c1nnsc1C(O)c1cnc2ccccc2c1. The Labute approximate surface area is 127 Å². The summed E-state index contributed by atoms with van der Waals surface area (Å²) in [5, 5.41) is 15.9. The summed E-state index contributed by atoms with van der Waals surface area (Å²) in [6, 6.07) is 9.85. The molecule has 0 aliphatic carbocycles. The average Bonchev–Trinajstić information content (AvgIpc) is 2.95. The minimum Gasteiger partial charge on any atom is -0.383 e. The summed E-state index contributed by atoms with van der Waals surface area (Å²) in [6.07, 6.45) is 0.982. The van der Waals surface area contributed by atoms with Gasteiger partial charge in [0.2, 0.25) is 0 Å². The standard InChI is InChI=1S/C16H17N3OS/c1-16(2,3)15-14(21-19-18-15)13(20)11-8-10-6-4-5-7-12(10)17-9-11/h4-9,13,20H,1-3H3. The van der Waals surface area contributed by atoms with Crippen molar-refractivity contribution in [2.24, 2.45) is 0 Å². The van der Waals surface area contributed by atoms with Gasteiger partial charge in [0.25, 0.3) is 0 Å². The lowest BCUT2D eigenvalue weighted by Crippen LogP contribution is -2.16. The van der Waals surface area contributed by atoms with Crippen molar-refractivity contribution >= 4 is 22.4 Å². The second kappa shape index (κ2) is 5.16. The molecule has 5 heteroatoms. The number of benzene rings is 1. The molecule has 0 saturated heterocycles. The van der Waals surface area contributed by atoms with Crippen LogP contribution in [-0.4, -0.2) is 19.7 Å². The Kier molecular flexibility index (Phi) is 3.47. The number of aliphatic hydroxyl groups is 1. The molecule has 108 valence electrons. The van der Waals surface area contributed by atoms with Gasteiger partial charge >= 0.3 is 0 Å². The number of aliphatic hydroxyl groups excluding tert-OH is 1. The molecule has 1 atom stereocenters. The highest BCUT2D eigenvalue weighted by atomic mass is 32.1. The van der Waals surface area contributed by atoms with Gasteiger partial charge in [-0.1, -0.05) is 43.5 Å². The van der Waals surface area contributed by atoms with Gasteiger partial charge in [-0.2, -0.15) is 0 Å². The second-order valence-corrected chi connectivity index (χ2v) is 6.89. The zero-order valence-corrected chi connectivity index (χ0v) is 13.1. The molecule has 1 N–H and O–H groups in total. The van der Waals surface area contributed by atoms with E-state index in [0.29, 0.717) is 0 Å². The van der Waals surface area contributed by atoms with Gasteiger partial charge in [0.05, 0.1) is 16.1 Å². The molecule has 4 nitrogen and oxygen atoms in total. The van der Waals surface area contributed by atoms with E-state index in [1.807, 2.05) is 30.3 Å². The van der Waals surface area contributed by atoms with E-state index < -0.39 is 6.10 Å². The minimum absolute atomic E-state index is 0.145. The molecule has 2 aromatic heterocycles. The molecule has 0 bridgehead atoms. The third-order valence-corrected chi connectivity index (χ3v) is 4.18. The van der Waals surface area contributed by atoms with E-state index in [1.165, 1.54) is 11.5 Å². The van der Waals surface area contributed by atoms with Crippen molar-refractivity contribution in [2.75, 3.05) is 0 Å². The zero-order valence-electron chi connectivity index (χ0n) is 12.2. The molecule has 0 spiro atoms. The van der Waals surface area contributed by atoms with Crippen molar-refractivity contribution in [3.05, 3.63) is 52.7 Å². The lowest BCUT2D eigenvalue weighted by molar-refractivity contribution is 0.221. The average molecular weight is 299 g/mol. The molecule has 0 aliphatic heterocycles. The van der Waals surface area contributed by atoms with Crippen molar-refractivity contribution < 1.29 is 5.11 Å². The number of para-hydroxylation sites is 1. The van der Waals surface area contributed by atoms with Crippen molar-refractivity contribution in [3.8, 4) is 0 Å². The van der Waals surface area contributed by atoms with Crippen LogP contribution in [0.15, 0.2) is 36.5 Å². The number of fused-ring (bicyclic) bond motifs is 1. The van der Waals surface area contributed by atoms with Gasteiger partial charge in [-0.3, -0.25) is 4.98 Å². The Hall–Kier alpha value is -1.85. The van der Waals surface area contributed by atoms with E-state index >= 15 is 0 Å². The van der Waals surface area contributed by atoms with E-state index in [9.17, 15) is 5.11 Å². The van der Waals surface area contributed by atoms with Gasteiger partial charge in [0.15, 0.2) is 0 Å². The summed E-state index contributed by atoms with van der Waals surface area (Å²) in [4.78, 5) is 5.20. The third kappa shape index (κ3) is 2.66. The molecule has 0 fully saturated rings. The first-order valence-electron chi connectivity index (χ1n) is 6.82. The zero-order chi connectivity index (χ0) is 15.0. The Bertz CT molecular complexity index is 776. The van der Waals surface area contributed by atoms with Crippen LogP contribution < -0.4 is 0 Å². The fraction of sp³-hybridized carbons (Fsp3) is 0.312. The van der Waals surface area contributed by atoms with Crippen LogP contribution in [0, 0.1) is 0 Å². The first kappa shape index (κ1) is 14.1. The molecule has 1 aromatic carbocycles. The lowest BCUT2D eigenvalue weighted by atomic mass is 9.89. The highest BCUT2D eigenvalue weighted by Gasteiger charge is 2.27. The summed E-state index contributed by atoms with van der Waals surface area (Å²) in [7, 11) is 0. The molecule has 0 amide bonds. The molecule has 3 aromatic rings. The number of nitrogens with zero attached hydrogens (tertiary/aromatic N) is 3. The van der Waals surface area contributed by atoms with Crippen LogP contribution in [0.3, 0.4) is 0 Å². The summed E-state index contributed by atoms with van der Waals surface area (Å²) in [5.74, 6) is 0. The van der Waals surface area contributed by atoms with Gasteiger partial charge in [-0.25, -0.2) is 0 Å². The number of hydrogen-bond donors (Lipinski definition) is 1. The molecular weight excluding hydrogens is 282 g/mol. The fourth-order valence-electron chi connectivity index (χ4n) is 2.29. The van der Waals surface area contributed by atoms with Crippen molar-refractivity contribution in [2.45, 2.75) is 32.3 Å². The van der Waals surface area contributed by atoms with Crippen LogP contribution in [0.4, 0.5) is 0 Å². The smallest absolute Gasteiger partial charge is 0.118 e. The first-order chi connectivity index (χ1) is 9.97. The number of rotatable bonds is 2. The van der Waals surface area contributed by atoms with E-state index in [0.717, 1.165) is 27.0 Å². The predicted octanol–water partition coefficient (Wildman–Crippen LogP) is 3.47. The molecular formula is C16H17N3OS. The van der Waals surface area contributed by atoms with Gasteiger partial charge < -0.3 is 5.11 Å². The van der Waals surface area contributed by atoms with Gasteiger partial charge in [0.1, 0.15) is 6.10 Å². The van der Waals surface area contributed by atoms with Crippen LogP contribution in [0.5, 0.6) is 0 Å². The molecule has 0 saturated carbocycles. The Morgan fingerprint density at radius 3 is 2.71 bits per heavy atom. The minimum atomic E-state index is -0.740. The van der Waals surface area contributed by atoms with Crippen LogP contribution in [0.1, 0.15) is 43.0 Å². The Morgan fingerprint density at radius 1 is 1.19 bits per heavy atom. The van der Waals surface area contributed by atoms with Gasteiger partial charge in [-0.05, 0) is 23.7 Å². The van der Waals surface area contributed by atoms with Gasteiger partial charge in [-0.15, -0.1) is 5.10 Å². The predicted molar refractivity (Wildman–Crippen MR) is 84.4 cm³/mol. The molecule has 0 radical (unpaired) electrons. The van der Waals surface area contributed by atoms with E-state index in [2.05, 4.69) is 35.3 Å². The summed E-state index contributed by atoms with van der Waals surface area (Å²) < 4.78 is 4.01. The first-order valence-corrected chi connectivity index (χ1v) is 7.59. The Balaban J connectivity index is 2.04. The van der Waals surface area contributed by atoms with Crippen molar-refractivity contribution in [1.29, 1.82) is 0 Å². The summed E-state index contributed by atoms with van der Waals surface area (Å²) in [6.45, 7) is 6.20. The highest BCUT2D eigenvalue weighted by Crippen LogP contribution is 2.33. The number of aromatic nitrogens is 3. The van der Waals surface area contributed by atoms with Crippen molar-refractivity contribution in [3.63, 3.8) is 0 Å². The maximum Gasteiger partial charge on any atom is 0.118 e. The second-order valence-electron chi connectivity index (χ2n) is 6.10. The fourth-order valence-corrected chi connectivity index (χ4v) is 3.17. The monoisotopic (exact) mass is 299 g/mol. The quantitative estimate of drug-likeness (QED) is 0.787. The summed E-state index contributed by atoms with van der Waals surface area (Å²) in [5.41, 5.74) is 2.39. The van der Waals surface area contributed by atoms with E-state index in [-0.39, 0.29) is 5.41 Å². The van der Waals surface area contributed by atoms with Gasteiger partial charge in [0, 0.05) is 22.6 Å². The van der Waals surface area contributed by atoms with Crippen LogP contribution in [-0.2, 0) is 5.41 Å². The normalized spacial score (nSPS) is 13.5. The number of pyridine rings is 1. The maximum atomic E-state index is 10.7. The molecule has 3 rings (SSSR count). The van der Waals surface area contributed by atoms with Crippen molar-refractivity contribution in [1.82, 2.24) is 14.6 Å². The van der Waals surface area contributed by atoms with E-state index in [1.54, 1.807) is 6.20 Å². The maximum absolute atomic E-state index is 10.7. The van der Waals surface area contributed by atoms with Crippen LogP contribution >= 0.6 is 11.5 Å². The van der Waals surface area contributed by atoms with Crippen LogP contribution in [0.25, 0.3) is 10.9 Å².